The van der Waals surface area contributed by atoms with Crippen molar-refractivity contribution in [3.8, 4) is 11.5 Å². The third kappa shape index (κ3) is 4.10. The number of aryl methyl sites for hydroxylation is 1. The molecule has 0 unspecified atom stereocenters. The zero-order valence-corrected chi connectivity index (χ0v) is 18.3. The van der Waals surface area contributed by atoms with Crippen molar-refractivity contribution >= 4 is 17.5 Å². The van der Waals surface area contributed by atoms with Gasteiger partial charge in [-0.25, -0.2) is 14.4 Å². The molecule has 1 aliphatic carbocycles. The minimum atomic E-state index is -0.636. The summed E-state index contributed by atoms with van der Waals surface area (Å²) in [5.74, 6) is -0.889. The molecule has 1 amide bonds. The maximum atomic E-state index is 14.5. The van der Waals surface area contributed by atoms with E-state index in [1.54, 1.807) is 22.7 Å². The Hall–Kier alpha value is -3.62. The van der Waals surface area contributed by atoms with Crippen LogP contribution in [0.15, 0.2) is 36.5 Å². The molecule has 4 rings (SSSR count). The summed E-state index contributed by atoms with van der Waals surface area (Å²) in [6, 6.07) is 9.48. The number of Topliss-reactive ketones (excluding diaryl/α,β-unsaturated/α-hetero) is 1. The fourth-order valence-corrected chi connectivity index (χ4v) is 3.79. The first kappa shape index (κ1) is 21.6. The SMILES string of the molecule is CC(=O)c1cc(-c2ncc(F)c(N(C)CC3(C(N)=O)CC3)n2)nn1Cc1ccccc1C. The van der Waals surface area contributed by atoms with E-state index in [0.29, 0.717) is 30.8 Å². The van der Waals surface area contributed by atoms with Crippen LogP contribution in [0.25, 0.3) is 11.5 Å². The van der Waals surface area contributed by atoms with Crippen LogP contribution < -0.4 is 10.6 Å². The van der Waals surface area contributed by atoms with E-state index in [2.05, 4.69) is 15.1 Å². The highest BCUT2D eigenvalue weighted by Crippen LogP contribution is 2.46. The lowest BCUT2D eigenvalue weighted by molar-refractivity contribution is -0.122. The van der Waals surface area contributed by atoms with E-state index in [9.17, 15) is 14.0 Å². The van der Waals surface area contributed by atoms with E-state index in [1.165, 1.54) is 6.92 Å². The number of primary amides is 1. The molecule has 1 fully saturated rings. The zero-order chi connectivity index (χ0) is 23.0. The maximum absolute atomic E-state index is 14.5. The van der Waals surface area contributed by atoms with E-state index in [1.807, 2.05) is 31.2 Å². The number of benzene rings is 1. The standard InChI is InChI=1S/C23H25FN6O2/c1-14-6-4-5-7-16(14)12-30-19(15(2)31)10-18(28-30)20-26-11-17(24)21(27-20)29(3)13-23(8-9-23)22(25)32/h4-7,10-11H,8-9,12-13H2,1-3H3,(H2,25,32). The summed E-state index contributed by atoms with van der Waals surface area (Å²) in [4.78, 5) is 34.0. The first-order valence-corrected chi connectivity index (χ1v) is 10.4. The largest absolute Gasteiger partial charge is 0.369 e. The number of nitrogens with zero attached hydrogens (tertiary/aromatic N) is 5. The Morgan fingerprint density at radius 1 is 1.28 bits per heavy atom. The minimum absolute atomic E-state index is 0.0559. The quantitative estimate of drug-likeness (QED) is 0.544. The van der Waals surface area contributed by atoms with Gasteiger partial charge in [-0.05, 0) is 37.0 Å². The number of ketones is 1. The number of hydrogen-bond acceptors (Lipinski definition) is 6. The van der Waals surface area contributed by atoms with Crippen molar-refractivity contribution < 1.29 is 14.0 Å². The Balaban J connectivity index is 1.66. The van der Waals surface area contributed by atoms with E-state index in [0.717, 1.165) is 17.3 Å². The molecule has 32 heavy (non-hydrogen) atoms. The normalized spacial score (nSPS) is 14.2. The third-order valence-electron chi connectivity index (χ3n) is 5.95. The van der Waals surface area contributed by atoms with E-state index in [-0.39, 0.29) is 29.9 Å². The summed E-state index contributed by atoms with van der Waals surface area (Å²) < 4.78 is 16.1. The number of carbonyl (C=O) groups excluding carboxylic acids is 2. The van der Waals surface area contributed by atoms with Gasteiger partial charge in [-0.15, -0.1) is 0 Å². The highest BCUT2D eigenvalue weighted by Gasteiger charge is 2.49. The van der Waals surface area contributed by atoms with Crippen LogP contribution in [-0.4, -0.2) is 45.0 Å². The molecular weight excluding hydrogens is 411 g/mol. The van der Waals surface area contributed by atoms with Gasteiger partial charge in [0.25, 0.3) is 0 Å². The molecule has 0 saturated heterocycles. The Morgan fingerprint density at radius 2 is 2.00 bits per heavy atom. The van der Waals surface area contributed by atoms with Crippen molar-refractivity contribution in [3.05, 3.63) is 59.2 Å². The summed E-state index contributed by atoms with van der Waals surface area (Å²) >= 11 is 0. The minimum Gasteiger partial charge on any atom is -0.369 e. The second kappa shape index (κ2) is 8.14. The van der Waals surface area contributed by atoms with Crippen LogP contribution in [0.4, 0.5) is 10.2 Å². The van der Waals surface area contributed by atoms with Gasteiger partial charge in [0.15, 0.2) is 23.2 Å². The molecule has 166 valence electrons. The molecular formula is C23H25FN6O2. The summed E-state index contributed by atoms with van der Waals surface area (Å²) in [5.41, 5.74) is 7.77. The molecule has 2 N–H and O–H groups in total. The number of halogens is 1. The monoisotopic (exact) mass is 436 g/mol. The van der Waals surface area contributed by atoms with E-state index < -0.39 is 11.2 Å². The van der Waals surface area contributed by atoms with Crippen LogP contribution in [0.1, 0.15) is 41.4 Å². The van der Waals surface area contributed by atoms with Crippen LogP contribution in [0, 0.1) is 18.2 Å². The number of hydrogen-bond donors (Lipinski definition) is 1. The van der Waals surface area contributed by atoms with Crippen LogP contribution in [0.2, 0.25) is 0 Å². The van der Waals surface area contributed by atoms with Gasteiger partial charge in [-0.3, -0.25) is 14.3 Å². The summed E-state index contributed by atoms with van der Waals surface area (Å²) in [5, 5.41) is 4.54. The molecule has 0 spiro atoms. The Bertz CT molecular complexity index is 1200. The predicted molar refractivity (Wildman–Crippen MR) is 118 cm³/mol. The highest BCUT2D eigenvalue weighted by molar-refractivity contribution is 5.93. The predicted octanol–water partition coefficient (Wildman–Crippen LogP) is 2.74. The Labute approximate surface area is 185 Å². The van der Waals surface area contributed by atoms with Gasteiger partial charge < -0.3 is 10.6 Å². The molecule has 1 saturated carbocycles. The molecule has 2 heterocycles. The lowest BCUT2D eigenvalue weighted by Crippen LogP contribution is -2.36. The smallest absolute Gasteiger partial charge is 0.225 e. The van der Waals surface area contributed by atoms with Gasteiger partial charge in [0.2, 0.25) is 5.91 Å². The Kier molecular flexibility index (Phi) is 5.50. The van der Waals surface area contributed by atoms with Crippen LogP contribution in [0.3, 0.4) is 0 Å². The van der Waals surface area contributed by atoms with Gasteiger partial charge in [0.05, 0.1) is 18.2 Å². The number of rotatable bonds is 8. The van der Waals surface area contributed by atoms with Gasteiger partial charge in [-0.2, -0.15) is 5.10 Å². The van der Waals surface area contributed by atoms with Gasteiger partial charge in [-0.1, -0.05) is 24.3 Å². The van der Waals surface area contributed by atoms with Crippen molar-refractivity contribution in [2.45, 2.75) is 33.2 Å². The van der Waals surface area contributed by atoms with E-state index in [4.69, 9.17) is 5.73 Å². The lowest BCUT2D eigenvalue weighted by Gasteiger charge is -2.23. The molecule has 9 heteroatoms. The number of nitrogens with two attached hydrogens (primary N) is 1. The van der Waals surface area contributed by atoms with Crippen LogP contribution >= 0.6 is 0 Å². The zero-order valence-electron chi connectivity index (χ0n) is 18.3. The summed E-state index contributed by atoms with van der Waals surface area (Å²) in [7, 11) is 1.66. The van der Waals surface area contributed by atoms with Crippen molar-refractivity contribution in [1.29, 1.82) is 0 Å². The third-order valence-corrected chi connectivity index (χ3v) is 5.95. The highest BCUT2D eigenvalue weighted by atomic mass is 19.1. The van der Waals surface area contributed by atoms with Crippen LogP contribution in [-0.2, 0) is 11.3 Å². The lowest BCUT2D eigenvalue weighted by atomic mass is 10.1. The average Bonchev–Trinajstić information content (AvgIpc) is 3.41. The van der Waals surface area contributed by atoms with Gasteiger partial charge >= 0.3 is 0 Å². The first-order chi connectivity index (χ1) is 15.2. The first-order valence-electron chi connectivity index (χ1n) is 10.4. The summed E-state index contributed by atoms with van der Waals surface area (Å²) in [6.45, 7) is 4.16. The second-order valence-electron chi connectivity index (χ2n) is 8.42. The van der Waals surface area contributed by atoms with E-state index >= 15 is 0 Å². The molecule has 8 nitrogen and oxygen atoms in total. The van der Waals surface area contributed by atoms with Crippen LogP contribution in [0.5, 0.6) is 0 Å². The van der Waals surface area contributed by atoms with Crippen molar-refractivity contribution in [2.24, 2.45) is 11.1 Å². The molecule has 1 aromatic carbocycles. The molecule has 0 atom stereocenters. The molecule has 2 aromatic heterocycles. The van der Waals surface area contributed by atoms with Crippen molar-refractivity contribution in [2.75, 3.05) is 18.5 Å². The molecule has 1 aliphatic rings. The number of carbonyl (C=O) groups is 2. The number of anilines is 1. The molecule has 3 aromatic rings. The van der Waals surface area contributed by atoms with Gasteiger partial charge in [0, 0.05) is 20.5 Å². The number of amides is 1. The molecule has 0 bridgehead atoms. The maximum Gasteiger partial charge on any atom is 0.225 e. The summed E-state index contributed by atoms with van der Waals surface area (Å²) in [6.07, 6.45) is 2.43. The average molecular weight is 436 g/mol. The van der Waals surface area contributed by atoms with Crippen molar-refractivity contribution in [1.82, 2.24) is 19.7 Å². The molecule has 0 aliphatic heterocycles. The topological polar surface area (TPSA) is 107 Å². The van der Waals surface area contributed by atoms with Gasteiger partial charge in [0.1, 0.15) is 11.4 Å². The Morgan fingerprint density at radius 3 is 2.62 bits per heavy atom. The number of aromatic nitrogens is 4. The molecule has 0 radical (unpaired) electrons. The second-order valence-corrected chi connectivity index (χ2v) is 8.42. The fraction of sp³-hybridized carbons (Fsp3) is 0.348. The fourth-order valence-electron chi connectivity index (χ4n) is 3.79. The van der Waals surface area contributed by atoms with Crippen molar-refractivity contribution in [3.63, 3.8) is 0 Å².